The van der Waals surface area contributed by atoms with Gasteiger partial charge in [-0.15, -0.1) is 0 Å². The average Bonchev–Trinajstić information content (AvgIpc) is 2.17. The lowest BCUT2D eigenvalue weighted by Gasteiger charge is -2.10. The van der Waals surface area contributed by atoms with E-state index in [0.29, 0.717) is 6.54 Å². The van der Waals surface area contributed by atoms with Crippen LogP contribution in [0.5, 0.6) is 5.75 Å². The minimum atomic E-state index is 0.652. The minimum absolute atomic E-state index is 0.652. The van der Waals surface area contributed by atoms with Crippen LogP contribution >= 0.6 is 15.9 Å². The molecule has 1 rings (SSSR count). The largest absolute Gasteiger partial charge is 0.493 e. The van der Waals surface area contributed by atoms with E-state index in [2.05, 4.69) is 28.9 Å². The summed E-state index contributed by atoms with van der Waals surface area (Å²) in [4.78, 5) is 0. The summed E-state index contributed by atoms with van der Waals surface area (Å²) in [7, 11) is 0. The molecule has 0 saturated carbocycles. The van der Waals surface area contributed by atoms with Gasteiger partial charge in [-0.25, -0.2) is 0 Å². The average molecular weight is 258 g/mol. The Morgan fingerprint density at radius 1 is 1.43 bits per heavy atom. The standard InChI is InChI=1S/C11H16BrNO/c1-2-7-14-11-4-3-10(12)8-9(11)5-6-13/h3-4,8H,2,5-7,13H2,1H3. The third kappa shape index (κ3) is 3.31. The first-order chi connectivity index (χ1) is 6.77. The third-order valence-electron chi connectivity index (χ3n) is 1.90. The van der Waals surface area contributed by atoms with Crippen LogP contribution in [0.25, 0.3) is 0 Å². The molecule has 0 aliphatic heterocycles. The molecule has 0 fully saturated rings. The monoisotopic (exact) mass is 257 g/mol. The van der Waals surface area contributed by atoms with E-state index in [1.165, 1.54) is 5.56 Å². The molecule has 0 aromatic heterocycles. The number of hydrogen-bond acceptors (Lipinski definition) is 2. The lowest BCUT2D eigenvalue weighted by atomic mass is 10.1. The van der Waals surface area contributed by atoms with Crippen molar-refractivity contribution in [3.8, 4) is 5.75 Å². The van der Waals surface area contributed by atoms with Crippen molar-refractivity contribution in [2.45, 2.75) is 19.8 Å². The van der Waals surface area contributed by atoms with Gasteiger partial charge in [0, 0.05) is 4.47 Å². The molecule has 0 saturated heterocycles. The van der Waals surface area contributed by atoms with E-state index in [-0.39, 0.29) is 0 Å². The Hall–Kier alpha value is -0.540. The fourth-order valence-electron chi connectivity index (χ4n) is 1.25. The minimum Gasteiger partial charge on any atom is -0.493 e. The van der Waals surface area contributed by atoms with Crippen LogP contribution < -0.4 is 10.5 Å². The van der Waals surface area contributed by atoms with Crippen LogP contribution in [0.15, 0.2) is 22.7 Å². The molecular weight excluding hydrogens is 242 g/mol. The van der Waals surface area contributed by atoms with Gasteiger partial charge < -0.3 is 10.5 Å². The van der Waals surface area contributed by atoms with Gasteiger partial charge in [-0.2, -0.15) is 0 Å². The SMILES string of the molecule is CCCOc1ccc(Br)cc1CCN. The molecule has 2 N–H and O–H groups in total. The van der Waals surface area contributed by atoms with Crippen LogP contribution in [-0.4, -0.2) is 13.2 Å². The number of halogens is 1. The zero-order chi connectivity index (χ0) is 10.4. The van der Waals surface area contributed by atoms with E-state index in [1.54, 1.807) is 0 Å². The Bertz CT molecular complexity index is 289. The predicted octanol–water partition coefficient (Wildman–Crippen LogP) is 2.74. The fraction of sp³-hybridized carbons (Fsp3) is 0.455. The molecule has 2 nitrogen and oxygen atoms in total. The summed E-state index contributed by atoms with van der Waals surface area (Å²) >= 11 is 3.44. The first kappa shape index (κ1) is 11.5. The number of ether oxygens (including phenoxy) is 1. The summed E-state index contributed by atoms with van der Waals surface area (Å²) in [6, 6.07) is 6.05. The second kappa shape index (κ2) is 6.04. The van der Waals surface area contributed by atoms with E-state index in [0.717, 1.165) is 29.7 Å². The van der Waals surface area contributed by atoms with Gasteiger partial charge in [0.15, 0.2) is 0 Å². The summed E-state index contributed by atoms with van der Waals surface area (Å²) in [5.41, 5.74) is 6.71. The first-order valence-electron chi connectivity index (χ1n) is 4.89. The Morgan fingerprint density at radius 3 is 2.86 bits per heavy atom. The molecule has 0 radical (unpaired) electrons. The lowest BCUT2D eigenvalue weighted by Crippen LogP contribution is -2.05. The van der Waals surface area contributed by atoms with Gasteiger partial charge in [0.1, 0.15) is 5.75 Å². The molecule has 0 unspecified atom stereocenters. The summed E-state index contributed by atoms with van der Waals surface area (Å²) in [6.45, 7) is 3.51. The number of nitrogens with two attached hydrogens (primary N) is 1. The van der Waals surface area contributed by atoms with Gasteiger partial charge in [0.05, 0.1) is 6.61 Å². The van der Waals surface area contributed by atoms with Crippen LogP contribution in [0.2, 0.25) is 0 Å². The number of rotatable bonds is 5. The third-order valence-corrected chi connectivity index (χ3v) is 2.39. The van der Waals surface area contributed by atoms with E-state index >= 15 is 0 Å². The second-order valence-corrected chi connectivity index (χ2v) is 4.05. The summed E-state index contributed by atoms with van der Waals surface area (Å²) < 4.78 is 6.69. The molecule has 14 heavy (non-hydrogen) atoms. The van der Waals surface area contributed by atoms with Crippen molar-refractivity contribution in [1.82, 2.24) is 0 Å². The Labute approximate surface area is 93.6 Å². The second-order valence-electron chi connectivity index (χ2n) is 3.14. The van der Waals surface area contributed by atoms with E-state index in [1.807, 2.05) is 12.1 Å². The predicted molar refractivity (Wildman–Crippen MR) is 62.7 cm³/mol. The van der Waals surface area contributed by atoms with Crippen molar-refractivity contribution in [2.75, 3.05) is 13.2 Å². The summed E-state index contributed by atoms with van der Waals surface area (Å²) in [6.07, 6.45) is 1.89. The molecule has 0 aliphatic rings. The highest BCUT2D eigenvalue weighted by molar-refractivity contribution is 9.10. The first-order valence-corrected chi connectivity index (χ1v) is 5.68. The van der Waals surface area contributed by atoms with E-state index in [9.17, 15) is 0 Å². The zero-order valence-corrected chi connectivity index (χ0v) is 10.0. The maximum absolute atomic E-state index is 5.62. The molecule has 0 bridgehead atoms. The van der Waals surface area contributed by atoms with Crippen LogP contribution in [0.3, 0.4) is 0 Å². The van der Waals surface area contributed by atoms with E-state index < -0.39 is 0 Å². The molecule has 0 amide bonds. The van der Waals surface area contributed by atoms with Crippen LogP contribution in [-0.2, 0) is 6.42 Å². The highest BCUT2D eigenvalue weighted by atomic mass is 79.9. The molecule has 1 aromatic rings. The van der Waals surface area contributed by atoms with Crippen molar-refractivity contribution in [1.29, 1.82) is 0 Å². The number of benzene rings is 1. The summed E-state index contributed by atoms with van der Waals surface area (Å²) in [5, 5.41) is 0. The maximum Gasteiger partial charge on any atom is 0.122 e. The molecule has 0 atom stereocenters. The molecule has 0 heterocycles. The quantitative estimate of drug-likeness (QED) is 0.881. The lowest BCUT2D eigenvalue weighted by molar-refractivity contribution is 0.314. The van der Waals surface area contributed by atoms with Crippen LogP contribution in [0, 0.1) is 0 Å². The van der Waals surface area contributed by atoms with Crippen molar-refractivity contribution in [3.63, 3.8) is 0 Å². The molecule has 1 aromatic carbocycles. The van der Waals surface area contributed by atoms with Gasteiger partial charge in [-0.05, 0) is 43.1 Å². The topological polar surface area (TPSA) is 35.2 Å². The molecule has 0 aliphatic carbocycles. The highest BCUT2D eigenvalue weighted by Gasteiger charge is 2.03. The van der Waals surface area contributed by atoms with Crippen LogP contribution in [0.1, 0.15) is 18.9 Å². The zero-order valence-electron chi connectivity index (χ0n) is 8.42. The van der Waals surface area contributed by atoms with Crippen molar-refractivity contribution < 1.29 is 4.74 Å². The van der Waals surface area contributed by atoms with Crippen molar-refractivity contribution in [3.05, 3.63) is 28.2 Å². The normalized spacial score (nSPS) is 10.2. The van der Waals surface area contributed by atoms with E-state index in [4.69, 9.17) is 10.5 Å². The van der Waals surface area contributed by atoms with Crippen LogP contribution in [0.4, 0.5) is 0 Å². The van der Waals surface area contributed by atoms with Gasteiger partial charge in [0.2, 0.25) is 0 Å². The Kier molecular flexibility index (Phi) is 4.98. The smallest absolute Gasteiger partial charge is 0.122 e. The Morgan fingerprint density at radius 2 is 2.21 bits per heavy atom. The van der Waals surface area contributed by atoms with Gasteiger partial charge in [0.25, 0.3) is 0 Å². The molecular formula is C11H16BrNO. The Balaban J connectivity index is 2.78. The molecule has 0 spiro atoms. The van der Waals surface area contributed by atoms with Crippen molar-refractivity contribution >= 4 is 15.9 Å². The van der Waals surface area contributed by atoms with Gasteiger partial charge >= 0.3 is 0 Å². The van der Waals surface area contributed by atoms with Crippen molar-refractivity contribution in [2.24, 2.45) is 5.73 Å². The number of hydrogen-bond donors (Lipinski definition) is 1. The highest BCUT2D eigenvalue weighted by Crippen LogP contribution is 2.23. The molecule has 3 heteroatoms. The molecule has 78 valence electrons. The van der Waals surface area contributed by atoms with Gasteiger partial charge in [-0.1, -0.05) is 22.9 Å². The summed E-state index contributed by atoms with van der Waals surface area (Å²) in [5.74, 6) is 0.959. The van der Waals surface area contributed by atoms with Gasteiger partial charge in [-0.3, -0.25) is 0 Å². The maximum atomic E-state index is 5.62. The fourth-order valence-corrected chi connectivity index (χ4v) is 1.66.